The first kappa shape index (κ1) is 16.8. The number of benzene rings is 2. The van der Waals surface area contributed by atoms with E-state index in [2.05, 4.69) is 10.1 Å². The molecule has 0 spiro atoms. The van der Waals surface area contributed by atoms with Crippen LogP contribution in [0.15, 0.2) is 42.5 Å². The minimum absolute atomic E-state index is 0.324. The number of rotatable bonds is 7. The predicted octanol–water partition coefficient (Wildman–Crippen LogP) is 2.78. The van der Waals surface area contributed by atoms with Crippen molar-refractivity contribution in [3.05, 3.63) is 59.2 Å². The van der Waals surface area contributed by atoms with Crippen LogP contribution in [0.1, 0.15) is 21.5 Å². The van der Waals surface area contributed by atoms with Gasteiger partial charge in [-0.05, 0) is 35.4 Å². The van der Waals surface area contributed by atoms with Gasteiger partial charge in [0, 0.05) is 13.1 Å². The molecule has 0 aliphatic heterocycles. The molecule has 0 aliphatic carbocycles. The van der Waals surface area contributed by atoms with Crippen LogP contribution in [0, 0.1) is 0 Å². The fourth-order valence-electron chi connectivity index (χ4n) is 2.22. The van der Waals surface area contributed by atoms with Gasteiger partial charge in [-0.25, -0.2) is 4.79 Å². The van der Waals surface area contributed by atoms with Crippen molar-refractivity contribution in [1.29, 1.82) is 0 Å². The lowest BCUT2D eigenvalue weighted by Gasteiger charge is -2.10. The van der Waals surface area contributed by atoms with Gasteiger partial charge in [-0.2, -0.15) is 0 Å². The zero-order chi connectivity index (χ0) is 16.7. The Kier molecular flexibility index (Phi) is 6.00. The molecule has 0 saturated heterocycles. The lowest BCUT2D eigenvalue weighted by atomic mass is 10.1. The van der Waals surface area contributed by atoms with Gasteiger partial charge >= 0.3 is 5.97 Å². The largest absolute Gasteiger partial charge is 0.493 e. The number of methoxy groups -OCH3 is 3. The van der Waals surface area contributed by atoms with Gasteiger partial charge in [0.25, 0.3) is 0 Å². The second kappa shape index (κ2) is 8.19. The lowest BCUT2D eigenvalue weighted by molar-refractivity contribution is 0.0600. The Morgan fingerprint density at radius 3 is 2.09 bits per heavy atom. The van der Waals surface area contributed by atoms with Crippen molar-refractivity contribution in [3.8, 4) is 11.5 Å². The normalized spacial score (nSPS) is 10.2. The average molecular weight is 315 g/mol. The summed E-state index contributed by atoms with van der Waals surface area (Å²) in [5.74, 6) is 1.11. The van der Waals surface area contributed by atoms with E-state index in [9.17, 15) is 4.79 Å². The number of hydrogen-bond donors (Lipinski definition) is 1. The van der Waals surface area contributed by atoms with Crippen LogP contribution in [0.25, 0.3) is 0 Å². The van der Waals surface area contributed by atoms with Crippen molar-refractivity contribution in [2.75, 3.05) is 21.3 Å². The van der Waals surface area contributed by atoms with E-state index in [1.54, 1.807) is 26.4 Å². The number of esters is 1. The molecule has 1 N–H and O–H groups in total. The second-order valence-electron chi connectivity index (χ2n) is 4.98. The quantitative estimate of drug-likeness (QED) is 0.796. The summed E-state index contributed by atoms with van der Waals surface area (Å²) >= 11 is 0. The monoisotopic (exact) mass is 315 g/mol. The molecule has 0 unspecified atom stereocenters. The van der Waals surface area contributed by atoms with Crippen molar-refractivity contribution in [3.63, 3.8) is 0 Å². The highest BCUT2D eigenvalue weighted by Gasteiger charge is 2.05. The van der Waals surface area contributed by atoms with Gasteiger partial charge in [0.05, 0.1) is 26.9 Å². The molecular weight excluding hydrogens is 294 g/mol. The van der Waals surface area contributed by atoms with E-state index in [1.165, 1.54) is 7.11 Å². The Hall–Kier alpha value is -2.53. The Labute approximate surface area is 136 Å². The van der Waals surface area contributed by atoms with Gasteiger partial charge in [0.1, 0.15) is 0 Å². The number of ether oxygens (including phenoxy) is 3. The van der Waals surface area contributed by atoms with Crippen LogP contribution in [0.5, 0.6) is 11.5 Å². The minimum atomic E-state index is -0.324. The molecule has 0 saturated carbocycles. The summed E-state index contributed by atoms with van der Waals surface area (Å²) in [4.78, 5) is 11.4. The average Bonchev–Trinajstić information content (AvgIpc) is 2.61. The zero-order valence-corrected chi connectivity index (χ0v) is 13.6. The van der Waals surface area contributed by atoms with Crippen molar-refractivity contribution in [2.45, 2.75) is 13.1 Å². The Morgan fingerprint density at radius 2 is 1.48 bits per heavy atom. The van der Waals surface area contributed by atoms with E-state index < -0.39 is 0 Å². The van der Waals surface area contributed by atoms with Gasteiger partial charge in [-0.3, -0.25) is 0 Å². The molecule has 0 fully saturated rings. The Bertz CT molecular complexity index is 653. The standard InChI is InChI=1S/C18H21NO4/c1-21-16-9-6-14(10-17(16)22-2)12-19-11-13-4-7-15(8-5-13)18(20)23-3/h4-10,19H,11-12H2,1-3H3. The van der Waals surface area contributed by atoms with Crippen LogP contribution in [-0.4, -0.2) is 27.3 Å². The number of carbonyl (C=O) groups is 1. The lowest BCUT2D eigenvalue weighted by Crippen LogP contribution is -2.13. The van der Waals surface area contributed by atoms with Crippen molar-refractivity contribution in [1.82, 2.24) is 5.32 Å². The zero-order valence-electron chi connectivity index (χ0n) is 13.6. The molecule has 0 amide bonds. The van der Waals surface area contributed by atoms with Crippen LogP contribution in [0.4, 0.5) is 0 Å². The third-order valence-corrected chi connectivity index (χ3v) is 3.48. The van der Waals surface area contributed by atoms with Crippen LogP contribution in [-0.2, 0) is 17.8 Å². The van der Waals surface area contributed by atoms with Gasteiger partial charge in [0.2, 0.25) is 0 Å². The molecule has 5 heteroatoms. The van der Waals surface area contributed by atoms with Gasteiger partial charge in [-0.15, -0.1) is 0 Å². The molecule has 0 aromatic heterocycles. The maximum absolute atomic E-state index is 11.4. The molecular formula is C18H21NO4. The molecule has 122 valence electrons. The van der Waals surface area contributed by atoms with E-state index in [0.717, 1.165) is 16.9 Å². The molecule has 2 rings (SSSR count). The fourth-order valence-corrected chi connectivity index (χ4v) is 2.22. The number of nitrogens with one attached hydrogen (secondary N) is 1. The van der Waals surface area contributed by atoms with Gasteiger partial charge < -0.3 is 19.5 Å². The van der Waals surface area contributed by atoms with E-state index in [1.807, 2.05) is 30.3 Å². The van der Waals surface area contributed by atoms with E-state index in [-0.39, 0.29) is 5.97 Å². The van der Waals surface area contributed by atoms with Crippen LogP contribution < -0.4 is 14.8 Å². The summed E-state index contributed by atoms with van der Waals surface area (Å²) < 4.78 is 15.2. The molecule has 0 atom stereocenters. The Morgan fingerprint density at radius 1 is 0.870 bits per heavy atom. The third-order valence-electron chi connectivity index (χ3n) is 3.48. The first-order valence-electron chi connectivity index (χ1n) is 7.26. The van der Waals surface area contributed by atoms with Crippen LogP contribution >= 0.6 is 0 Å². The molecule has 0 bridgehead atoms. The van der Waals surface area contributed by atoms with Crippen LogP contribution in [0.3, 0.4) is 0 Å². The highest BCUT2D eigenvalue weighted by molar-refractivity contribution is 5.89. The predicted molar refractivity (Wildman–Crippen MR) is 87.9 cm³/mol. The molecule has 0 aliphatic rings. The second-order valence-corrected chi connectivity index (χ2v) is 4.98. The molecule has 2 aromatic carbocycles. The minimum Gasteiger partial charge on any atom is -0.493 e. The molecule has 23 heavy (non-hydrogen) atoms. The molecule has 5 nitrogen and oxygen atoms in total. The maximum atomic E-state index is 11.4. The van der Waals surface area contributed by atoms with E-state index in [0.29, 0.717) is 24.4 Å². The fraction of sp³-hybridized carbons (Fsp3) is 0.278. The summed E-state index contributed by atoms with van der Waals surface area (Å²) in [6, 6.07) is 13.2. The molecule has 2 aromatic rings. The highest BCUT2D eigenvalue weighted by atomic mass is 16.5. The SMILES string of the molecule is COC(=O)c1ccc(CNCc2ccc(OC)c(OC)c2)cc1. The van der Waals surface area contributed by atoms with Gasteiger partial charge in [0.15, 0.2) is 11.5 Å². The summed E-state index contributed by atoms with van der Waals surface area (Å²) in [6.45, 7) is 1.41. The van der Waals surface area contributed by atoms with Crippen LogP contribution in [0.2, 0.25) is 0 Å². The molecule has 0 radical (unpaired) electrons. The highest BCUT2D eigenvalue weighted by Crippen LogP contribution is 2.27. The first-order chi connectivity index (χ1) is 11.2. The maximum Gasteiger partial charge on any atom is 0.337 e. The van der Waals surface area contributed by atoms with Gasteiger partial charge in [-0.1, -0.05) is 18.2 Å². The number of carbonyl (C=O) groups excluding carboxylic acids is 1. The first-order valence-corrected chi connectivity index (χ1v) is 7.26. The third kappa shape index (κ3) is 4.47. The van der Waals surface area contributed by atoms with Crippen molar-refractivity contribution >= 4 is 5.97 Å². The summed E-state index contributed by atoms with van der Waals surface area (Å²) in [5, 5.41) is 3.36. The summed E-state index contributed by atoms with van der Waals surface area (Å²) in [6.07, 6.45) is 0. The smallest absolute Gasteiger partial charge is 0.337 e. The summed E-state index contributed by atoms with van der Waals surface area (Å²) in [5.41, 5.74) is 2.75. The van der Waals surface area contributed by atoms with Crippen molar-refractivity contribution < 1.29 is 19.0 Å². The number of hydrogen-bond acceptors (Lipinski definition) is 5. The van der Waals surface area contributed by atoms with E-state index >= 15 is 0 Å². The topological polar surface area (TPSA) is 56.8 Å². The molecule has 0 heterocycles. The summed E-state index contributed by atoms with van der Waals surface area (Å²) in [7, 11) is 4.62. The van der Waals surface area contributed by atoms with Crippen molar-refractivity contribution in [2.24, 2.45) is 0 Å². The van der Waals surface area contributed by atoms with E-state index in [4.69, 9.17) is 9.47 Å². The Balaban J connectivity index is 1.91.